The Balaban J connectivity index is 1.93. The van der Waals surface area contributed by atoms with Gasteiger partial charge in [-0.25, -0.2) is 12.8 Å². The summed E-state index contributed by atoms with van der Waals surface area (Å²) >= 11 is 0. The summed E-state index contributed by atoms with van der Waals surface area (Å²) in [5.41, 5.74) is 1.60. The highest BCUT2D eigenvalue weighted by Gasteiger charge is 2.31. The first-order valence-corrected chi connectivity index (χ1v) is 11.9. The maximum Gasteiger partial charge on any atom is 0.324 e. The van der Waals surface area contributed by atoms with Crippen LogP contribution in [0.15, 0.2) is 53.4 Å². The predicted octanol–water partition coefficient (Wildman–Crippen LogP) is 2.08. The molecule has 0 aliphatic rings. The van der Waals surface area contributed by atoms with Gasteiger partial charge in [-0.15, -0.1) is 0 Å². The summed E-state index contributed by atoms with van der Waals surface area (Å²) in [6.07, 6.45) is 0. The molecule has 0 saturated carbocycles. The highest BCUT2D eigenvalue weighted by Crippen LogP contribution is 2.16. The van der Waals surface area contributed by atoms with Crippen LogP contribution >= 0.6 is 0 Å². The van der Waals surface area contributed by atoms with Crippen molar-refractivity contribution in [1.82, 2.24) is 9.62 Å². The number of hydrogen-bond acceptors (Lipinski definition) is 6. The van der Waals surface area contributed by atoms with Gasteiger partial charge in [-0.1, -0.05) is 43.7 Å². The molecule has 2 aromatic carbocycles. The minimum Gasteiger partial charge on any atom is -0.454 e. The van der Waals surface area contributed by atoms with Crippen molar-refractivity contribution in [2.24, 2.45) is 5.92 Å². The van der Waals surface area contributed by atoms with Gasteiger partial charge in [0.15, 0.2) is 6.61 Å². The first-order valence-electron chi connectivity index (χ1n) is 10.4. The Hall–Kier alpha value is -3.31. The molecule has 2 rings (SSSR count). The van der Waals surface area contributed by atoms with Crippen molar-refractivity contribution in [3.05, 3.63) is 59.9 Å². The lowest BCUT2D eigenvalue weighted by atomic mass is 10.1. The minimum absolute atomic E-state index is 0.280. The van der Waals surface area contributed by atoms with Crippen LogP contribution in [0, 0.1) is 18.7 Å². The molecule has 0 saturated heterocycles. The summed E-state index contributed by atoms with van der Waals surface area (Å²) in [6, 6.07) is 10.5. The Labute approximate surface area is 198 Å². The molecule has 11 heteroatoms. The monoisotopic (exact) mass is 493 g/mol. The molecule has 2 N–H and O–H groups in total. The number of rotatable bonds is 10. The van der Waals surface area contributed by atoms with E-state index in [0.29, 0.717) is 5.69 Å². The van der Waals surface area contributed by atoms with E-state index >= 15 is 0 Å². The lowest BCUT2D eigenvalue weighted by Crippen LogP contribution is -2.46. The Kier molecular flexibility index (Phi) is 9.28. The first-order chi connectivity index (χ1) is 15.9. The van der Waals surface area contributed by atoms with E-state index < -0.39 is 57.1 Å². The highest BCUT2D eigenvalue weighted by molar-refractivity contribution is 7.89. The number of likely N-dealkylation sites (N-methyl/N-ethyl adjacent to an activating group) is 1. The van der Waals surface area contributed by atoms with Crippen molar-refractivity contribution in [2.75, 3.05) is 25.5 Å². The summed E-state index contributed by atoms with van der Waals surface area (Å²) in [6.45, 7) is 4.07. The van der Waals surface area contributed by atoms with Gasteiger partial charge in [0.1, 0.15) is 16.8 Å². The molecule has 0 aliphatic carbocycles. The molecule has 34 heavy (non-hydrogen) atoms. The molecule has 0 heterocycles. The second-order valence-electron chi connectivity index (χ2n) is 8.05. The average molecular weight is 494 g/mol. The Morgan fingerprint density at radius 2 is 1.68 bits per heavy atom. The molecule has 0 aromatic heterocycles. The number of hydrogen-bond donors (Lipinski definition) is 2. The van der Waals surface area contributed by atoms with E-state index in [9.17, 15) is 27.2 Å². The molecule has 0 aliphatic heterocycles. The number of anilines is 1. The maximum absolute atomic E-state index is 13.9. The molecule has 1 unspecified atom stereocenters. The van der Waals surface area contributed by atoms with Crippen LogP contribution in [0.25, 0.3) is 0 Å². The zero-order valence-electron chi connectivity index (χ0n) is 19.4. The van der Waals surface area contributed by atoms with Gasteiger partial charge in [-0.05, 0) is 37.1 Å². The lowest BCUT2D eigenvalue weighted by Gasteiger charge is -2.22. The number of ether oxygens (including phenoxy) is 1. The van der Waals surface area contributed by atoms with Crippen LogP contribution in [-0.4, -0.2) is 57.3 Å². The van der Waals surface area contributed by atoms with Gasteiger partial charge in [-0.2, -0.15) is 4.72 Å². The Morgan fingerprint density at radius 3 is 2.26 bits per heavy atom. The summed E-state index contributed by atoms with van der Waals surface area (Å²) in [5.74, 6) is -3.62. The number of carbonyl (C=O) groups excluding carboxylic acids is 3. The van der Waals surface area contributed by atoms with Crippen LogP contribution in [0.3, 0.4) is 0 Å². The Morgan fingerprint density at radius 1 is 1.06 bits per heavy atom. The summed E-state index contributed by atoms with van der Waals surface area (Å²) in [7, 11) is -2.99. The first kappa shape index (κ1) is 26.9. The van der Waals surface area contributed by atoms with Gasteiger partial charge in [0.05, 0.1) is 6.54 Å². The Bertz CT molecular complexity index is 1140. The smallest absolute Gasteiger partial charge is 0.324 e. The van der Waals surface area contributed by atoms with E-state index in [2.05, 4.69) is 10.0 Å². The fourth-order valence-corrected chi connectivity index (χ4v) is 4.24. The number of halogens is 1. The predicted molar refractivity (Wildman–Crippen MR) is 124 cm³/mol. The number of carbonyl (C=O) groups is 3. The third-order valence-corrected chi connectivity index (χ3v) is 6.28. The van der Waals surface area contributed by atoms with E-state index in [1.165, 1.54) is 19.2 Å². The number of nitrogens with zero attached hydrogens (tertiary/aromatic N) is 1. The van der Waals surface area contributed by atoms with Crippen molar-refractivity contribution in [2.45, 2.75) is 31.7 Å². The van der Waals surface area contributed by atoms with Gasteiger partial charge in [-0.3, -0.25) is 14.4 Å². The van der Waals surface area contributed by atoms with Crippen LogP contribution in [0.5, 0.6) is 0 Å². The van der Waals surface area contributed by atoms with Gasteiger partial charge >= 0.3 is 5.97 Å². The van der Waals surface area contributed by atoms with Crippen LogP contribution in [0.1, 0.15) is 19.4 Å². The highest BCUT2D eigenvalue weighted by atomic mass is 32.2. The summed E-state index contributed by atoms with van der Waals surface area (Å²) in [5, 5.41) is 2.65. The maximum atomic E-state index is 13.9. The van der Waals surface area contributed by atoms with Gasteiger partial charge < -0.3 is 15.0 Å². The van der Waals surface area contributed by atoms with Crippen molar-refractivity contribution in [3.63, 3.8) is 0 Å². The van der Waals surface area contributed by atoms with E-state index in [1.54, 1.807) is 26.0 Å². The topological polar surface area (TPSA) is 122 Å². The number of esters is 1. The molecule has 0 bridgehead atoms. The molecule has 2 aromatic rings. The van der Waals surface area contributed by atoms with Crippen LogP contribution < -0.4 is 10.0 Å². The van der Waals surface area contributed by atoms with E-state index in [-0.39, 0.29) is 6.54 Å². The SMILES string of the molecule is Cc1ccc(NC(=O)CN(C)C(=O)COC(=O)C(NS(=O)(=O)c2ccccc2F)C(C)C)cc1. The normalized spacial score (nSPS) is 12.2. The molecule has 0 fully saturated rings. The largest absolute Gasteiger partial charge is 0.454 e. The summed E-state index contributed by atoms with van der Waals surface area (Å²) in [4.78, 5) is 37.4. The number of aryl methyl sites for hydroxylation is 1. The average Bonchev–Trinajstić information content (AvgIpc) is 2.77. The molecule has 9 nitrogen and oxygen atoms in total. The van der Waals surface area contributed by atoms with E-state index in [0.717, 1.165) is 22.6 Å². The number of sulfonamides is 1. The third-order valence-electron chi connectivity index (χ3n) is 4.81. The van der Waals surface area contributed by atoms with E-state index in [4.69, 9.17) is 4.74 Å². The quantitative estimate of drug-likeness (QED) is 0.489. The molecular weight excluding hydrogens is 465 g/mol. The molecule has 2 amide bonds. The molecule has 184 valence electrons. The third kappa shape index (κ3) is 7.63. The van der Waals surface area contributed by atoms with Crippen LogP contribution in [0.4, 0.5) is 10.1 Å². The molecular formula is C23H28FN3O6S. The second-order valence-corrected chi connectivity index (χ2v) is 9.73. The van der Waals surface area contributed by atoms with Crippen molar-refractivity contribution < 1.29 is 31.9 Å². The van der Waals surface area contributed by atoms with Gasteiger partial charge in [0.25, 0.3) is 5.91 Å². The van der Waals surface area contributed by atoms with Crippen molar-refractivity contribution in [3.8, 4) is 0 Å². The van der Waals surface area contributed by atoms with Crippen LogP contribution in [0.2, 0.25) is 0 Å². The molecule has 0 spiro atoms. The van der Waals surface area contributed by atoms with E-state index in [1.807, 2.05) is 19.1 Å². The summed E-state index contributed by atoms with van der Waals surface area (Å²) < 4.78 is 46.1. The number of benzene rings is 2. The van der Waals surface area contributed by atoms with Gasteiger partial charge in [0, 0.05) is 12.7 Å². The van der Waals surface area contributed by atoms with Crippen molar-refractivity contribution >= 4 is 33.5 Å². The number of nitrogens with one attached hydrogen (secondary N) is 2. The fourth-order valence-electron chi connectivity index (χ4n) is 2.82. The number of amides is 2. The van der Waals surface area contributed by atoms with Gasteiger partial charge in [0.2, 0.25) is 15.9 Å². The standard InChI is InChI=1S/C23H28FN3O6S/c1-15(2)22(26-34(31,32)19-8-6-5-7-18(19)24)23(30)33-14-21(29)27(4)13-20(28)25-17-11-9-16(3)10-12-17/h5-12,15,22,26H,13-14H2,1-4H3,(H,25,28). The zero-order valence-corrected chi connectivity index (χ0v) is 20.2. The molecule has 1 atom stereocenters. The molecule has 0 radical (unpaired) electrons. The lowest BCUT2D eigenvalue weighted by molar-refractivity contribution is -0.154. The second kappa shape index (κ2) is 11.7. The van der Waals surface area contributed by atoms with Crippen LogP contribution in [-0.2, 0) is 29.1 Å². The fraction of sp³-hybridized carbons (Fsp3) is 0.348. The minimum atomic E-state index is -4.36. The van der Waals surface area contributed by atoms with Crippen molar-refractivity contribution in [1.29, 1.82) is 0 Å². The zero-order chi connectivity index (χ0) is 25.5.